The van der Waals surface area contributed by atoms with E-state index in [9.17, 15) is 4.79 Å². The van der Waals surface area contributed by atoms with Crippen molar-refractivity contribution in [2.24, 2.45) is 0 Å². The highest BCUT2D eigenvalue weighted by atomic mass is 16.5. The molecule has 6 nitrogen and oxygen atoms in total. The Morgan fingerprint density at radius 2 is 2.30 bits per heavy atom. The van der Waals surface area contributed by atoms with Crippen LogP contribution in [0.2, 0.25) is 0 Å². The number of carbonyl (C=O) groups excluding carboxylic acids is 1. The van der Waals surface area contributed by atoms with E-state index in [0.29, 0.717) is 6.54 Å². The number of hydrogen-bond donors (Lipinski definition) is 1. The molecule has 2 atom stereocenters. The Kier molecular flexibility index (Phi) is 4.00. The van der Waals surface area contributed by atoms with Crippen molar-refractivity contribution in [1.29, 1.82) is 0 Å². The van der Waals surface area contributed by atoms with Crippen molar-refractivity contribution in [2.75, 3.05) is 6.54 Å². The van der Waals surface area contributed by atoms with Gasteiger partial charge in [-0.1, -0.05) is 0 Å². The van der Waals surface area contributed by atoms with E-state index in [0.717, 1.165) is 43.9 Å². The summed E-state index contributed by atoms with van der Waals surface area (Å²) in [5.41, 5.74) is 0. The molecule has 1 aromatic rings. The van der Waals surface area contributed by atoms with E-state index < -0.39 is 0 Å². The number of amides is 1. The number of nitrogens with zero attached hydrogens (tertiary/aromatic N) is 3. The molecule has 20 heavy (non-hydrogen) atoms. The fraction of sp³-hybridized carbons (Fsp3) is 0.786. The van der Waals surface area contributed by atoms with Crippen molar-refractivity contribution < 1.29 is 9.53 Å². The van der Waals surface area contributed by atoms with Crippen LogP contribution in [-0.2, 0) is 28.9 Å². The van der Waals surface area contributed by atoms with Crippen LogP contribution in [0.15, 0.2) is 0 Å². The van der Waals surface area contributed by atoms with Gasteiger partial charge in [0, 0.05) is 25.9 Å². The Balaban J connectivity index is 1.48. The predicted octanol–water partition coefficient (Wildman–Crippen LogP) is 0.841. The Morgan fingerprint density at radius 3 is 3.10 bits per heavy atom. The second-order valence-corrected chi connectivity index (χ2v) is 5.69. The number of hydrogen-bond acceptors (Lipinski definition) is 4. The van der Waals surface area contributed by atoms with E-state index in [2.05, 4.69) is 20.1 Å². The van der Waals surface area contributed by atoms with Crippen LogP contribution in [0.1, 0.15) is 44.3 Å². The average molecular weight is 278 g/mol. The van der Waals surface area contributed by atoms with Gasteiger partial charge in [0.15, 0.2) is 0 Å². The van der Waals surface area contributed by atoms with E-state index in [1.807, 2.05) is 6.92 Å². The molecule has 0 radical (unpaired) electrons. The summed E-state index contributed by atoms with van der Waals surface area (Å²) in [4.78, 5) is 11.9. The van der Waals surface area contributed by atoms with Gasteiger partial charge in [0.2, 0.25) is 5.91 Å². The fourth-order valence-electron chi connectivity index (χ4n) is 2.96. The molecule has 2 unspecified atom stereocenters. The highest BCUT2D eigenvalue weighted by molar-refractivity contribution is 5.80. The van der Waals surface area contributed by atoms with Gasteiger partial charge in [-0.15, -0.1) is 10.2 Å². The van der Waals surface area contributed by atoms with Gasteiger partial charge in [0.1, 0.15) is 17.8 Å². The normalized spacial score (nSPS) is 25.4. The highest BCUT2D eigenvalue weighted by Gasteiger charge is 2.27. The third-order valence-electron chi connectivity index (χ3n) is 4.11. The summed E-state index contributed by atoms with van der Waals surface area (Å²) in [7, 11) is 0. The zero-order valence-electron chi connectivity index (χ0n) is 12.0. The molecule has 0 saturated carbocycles. The molecule has 0 aromatic carbocycles. The molecule has 0 bridgehead atoms. The van der Waals surface area contributed by atoms with Crippen molar-refractivity contribution in [3.8, 4) is 0 Å². The number of rotatable bonds is 4. The monoisotopic (exact) mass is 278 g/mol. The van der Waals surface area contributed by atoms with E-state index in [1.165, 1.54) is 12.8 Å². The van der Waals surface area contributed by atoms with Gasteiger partial charge in [-0.05, 0) is 32.6 Å². The largest absolute Gasteiger partial charge is 0.365 e. The second kappa shape index (κ2) is 5.91. The Labute approximate surface area is 118 Å². The van der Waals surface area contributed by atoms with Crippen LogP contribution in [0.5, 0.6) is 0 Å². The molecule has 1 N–H and O–H groups in total. The van der Waals surface area contributed by atoms with E-state index in [4.69, 9.17) is 4.74 Å². The maximum atomic E-state index is 11.9. The number of aryl methyl sites for hydroxylation is 1. The van der Waals surface area contributed by atoms with Crippen LogP contribution in [0, 0.1) is 0 Å². The predicted molar refractivity (Wildman–Crippen MR) is 73.2 cm³/mol. The maximum Gasteiger partial charge on any atom is 0.249 e. The van der Waals surface area contributed by atoms with Crippen LogP contribution in [0.3, 0.4) is 0 Å². The number of fused-ring (bicyclic) bond motifs is 1. The Morgan fingerprint density at radius 1 is 1.40 bits per heavy atom. The minimum Gasteiger partial charge on any atom is -0.365 e. The smallest absolute Gasteiger partial charge is 0.249 e. The third-order valence-corrected chi connectivity index (χ3v) is 4.11. The first-order valence-corrected chi connectivity index (χ1v) is 7.58. The Hall–Kier alpha value is -1.43. The quantitative estimate of drug-likeness (QED) is 0.886. The number of aromatic nitrogens is 3. The molecule has 1 fully saturated rings. The number of carbonyl (C=O) groups is 1. The van der Waals surface area contributed by atoms with Gasteiger partial charge in [-0.2, -0.15) is 0 Å². The molecule has 1 aromatic heterocycles. The van der Waals surface area contributed by atoms with Gasteiger partial charge >= 0.3 is 0 Å². The lowest BCUT2D eigenvalue weighted by Gasteiger charge is -2.15. The van der Waals surface area contributed by atoms with Crippen LogP contribution < -0.4 is 5.32 Å². The van der Waals surface area contributed by atoms with Gasteiger partial charge in [0.25, 0.3) is 0 Å². The van der Waals surface area contributed by atoms with Crippen LogP contribution >= 0.6 is 0 Å². The SMILES string of the molecule is CC1CCC(C(=O)NCCc2nnc3n2CCCC3)O1. The first-order valence-electron chi connectivity index (χ1n) is 7.58. The summed E-state index contributed by atoms with van der Waals surface area (Å²) in [5.74, 6) is 2.08. The first kappa shape index (κ1) is 13.5. The summed E-state index contributed by atoms with van der Waals surface area (Å²) in [6.07, 6.45) is 5.88. The lowest BCUT2D eigenvalue weighted by atomic mass is 10.1. The molecule has 1 saturated heterocycles. The van der Waals surface area contributed by atoms with E-state index in [1.54, 1.807) is 0 Å². The standard InChI is InChI=1S/C14H22N4O2/c1-10-5-6-11(20-10)14(19)15-8-7-13-17-16-12-4-2-3-9-18(12)13/h10-11H,2-9H2,1H3,(H,15,19). The maximum absolute atomic E-state index is 11.9. The summed E-state index contributed by atoms with van der Waals surface area (Å²) < 4.78 is 7.75. The van der Waals surface area contributed by atoms with Gasteiger partial charge in [-0.25, -0.2) is 0 Å². The summed E-state index contributed by atoms with van der Waals surface area (Å²) >= 11 is 0. The zero-order valence-corrected chi connectivity index (χ0v) is 12.0. The molecule has 6 heteroatoms. The van der Waals surface area contributed by atoms with Crippen LogP contribution in [-0.4, -0.2) is 39.4 Å². The van der Waals surface area contributed by atoms with Crippen LogP contribution in [0.4, 0.5) is 0 Å². The average Bonchev–Trinajstić information content (AvgIpc) is 3.06. The highest BCUT2D eigenvalue weighted by Crippen LogP contribution is 2.19. The molecule has 2 aliphatic heterocycles. The minimum atomic E-state index is -0.266. The molecule has 3 heterocycles. The first-order chi connectivity index (χ1) is 9.74. The topological polar surface area (TPSA) is 69.0 Å². The third kappa shape index (κ3) is 2.85. The molecule has 0 aliphatic carbocycles. The Bertz CT molecular complexity index is 486. The van der Waals surface area contributed by atoms with Gasteiger partial charge < -0.3 is 14.6 Å². The van der Waals surface area contributed by atoms with Crippen molar-refractivity contribution in [1.82, 2.24) is 20.1 Å². The molecule has 1 amide bonds. The summed E-state index contributed by atoms with van der Waals surface area (Å²) in [6, 6.07) is 0. The van der Waals surface area contributed by atoms with Gasteiger partial charge in [0.05, 0.1) is 6.10 Å². The lowest BCUT2D eigenvalue weighted by molar-refractivity contribution is -0.131. The van der Waals surface area contributed by atoms with Crippen molar-refractivity contribution in [2.45, 2.75) is 64.2 Å². The van der Waals surface area contributed by atoms with E-state index >= 15 is 0 Å². The fourth-order valence-corrected chi connectivity index (χ4v) is 2.96. The molecule has 3 rings (SSSR count). The molecular weight excluding hydrogens is 256 g/mol. The van der Waals surface area contributed by atoms with Crippen molar-refractivity contribution in [3.05, 3.63) is 11.6 Å². The second-order valence-electron chi connectivity index (χ2n) is 5.69. The zero-order chi connectivity index (χ0) is 13.9. The van der Waals surface area contributed by atoms with E-state index in [-0.39, 0.29) is 18.1 Å². The number of nitrogens with one attached hydrogen (secondary N) is 1. The van der Waals surface area contributed by atoms with Crippen molar-refractivity contribution >= 4 is 5.91 Å². The van der Waals surface area contributed by atoms with Crippen molar-refractivity contribution in [3.63, 3.8) is 0 Å². The summed E-state index contributed by atoms with van der Waals surface area (Å²) in [5, 5.41) is 11.4. The van der Waals surface area contributed by atoms with Crippen LogP contribution in [0.25, 0.3) is 0 Å². The summed E-state index contributed by atoms with van der Waals surface area (Å²) in [6.45, 7) is 3.62. The number of ether oxygens (including phenoxy) is 1. The molecule has 110 valence electrons. The minimum absolute atomic E-state index is 0.00716. The van der Waals surface area contributed by atoms with Gasteiger partial charge in [-0.3, -0.25) is 4.79 Å². The lowest BCUT2D eigenvalue weighted by Crippen LogP contribution is -2.36. The molecule has 2 aliphatic rings. The molecule has 0 spiro atoms. The molecular formula is C14H22N4O2.